The first kappa shape index (κ1) is 15.6. The normalized spacial score (nSPS) is 19.2. The van der Waals surface area contributed by atoms with Gasteiger partial charge in [-0.1, -0.05) is 18.5 Å². The lowest BCUT2D eigenvalue weighted by Gasteiger charge is -2.25. The molecule has 6 heteroatoms. The first-order chi connectivity index (χ1) is 9.97. The van der Waals surface area contributed by atoms with Crippen LogP contribution in [0.25, 0.3) is 0 Å². The topological polar surface area (TPSA) is 58.6 Å². The molecule has 1 saturated heterocycles. The smallest absolute Gasteiger partial charge is 0.249 e. The zero-order chi connectivity index (χ0) is 15.6. The molecule has 114 valence electrons. The third-order valence-electron chi connectivity index (χ3n) is 3.62. The number of nitrogens with one attached hydrogen (secondary N) is 1. The Balaban J connectivity index is 2.46. The number of ether oxygens (including phenoxy) is 1. The van der Waals surface area contributed by atoms with Crippen LogP contribution in [0.1, 0.15) is 25.3 Å². The first-order valence-electron chi connectivity index (χ1n) is 6.92. The van der Waals surface area contributed by atoms with Gasteiger partial charge in [-0.15, -0.1) is 0 Å². The second kappa shape index (κ2) is 6.35. The van der Waals surface area contributed by atoms with E-state index in [1.807, 2.05) is 19.9 Å². The molecule has 1 aromatic carbocycles. The van der Waals surface area contributed by atoms with E-state index in [9.17, 15) is 9.59 Å². The molecule has 1 unspecified atom stereocenters. The molecule has 2 amide bonds. The number of nitrogens with zero attached hydrogens (tertiary/aromatic N) is 1. The Labute approximate surface area is 129 Å². The molecule has 0 aliphatic carbocycles. The Kier molecular flexibility index (Phi) is 4.73. The summed E-state index contributed by atoms with van der Waals surface area (Å²) < 4.78 is 5.34. The van der Waals surface area contributed by atoms with E-state index in [0.29, 0.717) is 29.4 Å². The van der Waals surface area contributed by atoms with Crippen LogP contribution in [0, 0.1) is 6.92 Å². The number of aryl methyl sites for hydroxylation is 1. The minimum absolute atomic E-state index is 0.109. The lowest BCUT2D eigenvalue weighted by Crippen LogP contribution is -2.44. The van der Waals surface area contributed by atoms with E-state index in [1.165, 1.54) is 7.11 Å². The van der Waals surface area contributed by atoms with Crippen LogP contribution in [0.5, 0.6) is 5.75 Å². The van der Waals surface area contributed by atoms with E-state index in [2.05, 4.69) is 5.32 Å². The summed E-state index contributed by atoms with van der Waals surface area (Å²) in [5.41, 5.74) is 1.51. The van der Waals surface area contributed by atoms with Crippen molar-refractivity contribution in [2.45, 2.75) is 32.7 Å². The van der Waals surface area contributed by atoms with Gasteiger partial charge in [0.2, 0.25) is 11.8 Å². The number of hydrogen-bond acceptors (Lipinski definition) is 3. The molecule has 1 aliphatic heterocycles. The molecule has 0 bridgehead atoms. The Bertz CT molecular complexity index is 574. The molecule has 0 saturated carbocycles. The molecular formula is C15H19ClN2O3. The zero-order valence-corrected chi connectivity index (χ0v) is 13.2. The molecule has 5 nitrogen and oxygen atoms in total. The number of amides is 2. The van der Waals surface area contributed by atoms with E-state index in [0.717, 1.165) is 5.56 Å². The van der Waals surface area contributed by atoms with Crippen molar-refractivity contribution in [2.24, 2.45) is 0 Å². The monoisotopic (exact) mass is 310 g/mol. The van der Waals surface area contributed by atoms with Crippen LogP contribution >= 0.6 is 11.6 Å². The largest absolute Gasteiger partial charge is 0.495 e. The molecule has 0 spiro atoms. The quantitative estimate of drug-likeness (QED) is 0.932. The van der Waals surface area contributed by atoms with E-state index < -0.39 is 6.04 Å². The van der Waals surface area contributed by atoms with E-state index >= 15 is 0 Å². The summed E-state index contributed by atoms with van der Waals surface area (Å²) in [6.45, 7) is 4.07. The van der Waals surface area contributed by atoms with Crippen LogP contribution in [-0.4, -0.2) is 31.5 Å². The minimum Gasteiger partial charge on any atom is -0.495 e. The SMILES string of the molecule is CCC1NC(=O)CCN(c2cc(C)c(Cl)cc2OC)C1=O. The Morgan fingerprint density at radius 3 is 2.76 bits per heavy atom. The van der Waals surface area contributed by atoms with Crippen LogP contribution < -0.4 is 15.0 Å². The van der Waals surface area contributed by atoms with Crippen LogP contribution in [0.15, 0.2) is 12.1 Å². The minimum atomic E-state index is -0.499. The van der Waals surface area contributed by atoms with Crippen LogP contribution in [-0.2, 0) is 9.59 Å². The fourth-order valence-electron chi connectivity index (χ4n) is 2.38. The third-order valence-corrected chi connectivity index (χ3v) is 4.03. The van der Waals surface area contributed by atoms with Crippen LogP contribution in [0.3, 0.4) is 0 Å². The number of methoxy groups -OCH3 is 1. The molecule has 21 heavy (non-hydrogen) atoms. The molecule has 1 aromatic rings. The predicted molar refractivity (Wildman–Crippen MR) is 81.9 cm³/mol. The van der Waals surface area contributed by atoms with Gasteiger partial charge in [0.15, 0.2) is 0 Å². The summed E-state index contributed by atoms with van der Waals surface area (Å²) in [7, 11) is 1.54. The highest BCUT2D eigenvalue weighted by molar-refractivity contribution is 6.31. The molecule has 1 fully saturated rings. The maximum absolute atomic E-state index is 12.6. The van der Waals surface area contributed by atoms with Gasteiger partial charge < -0.3 is 15.0 Å². The molecule has 2 rings (SSSR count). The summed E-state index contributed by atoms with van der Waals surface area (Å²) in [5.74, 6) is 0.300. The molecule has 1 aliphatic rings. The second-order valence-electron chi connectivity index (χ2n) is 5.04. The van der Waals surface area contributed by atoms with Crippen molar-refractivity contribution in [2.75, 3.05) is 18.6 Å². The molecule has 1 heterocycles. The Hall–Kier alpha value is -1.75. The molecule has 0 radical (unpaired) electrons. The highest BCUT2D eigenvalue weighted by Gasteiger charge is 2.31. The van der Waals surface area contributed by atoms with Crippen LogP contribution in [0.4, 0.5) is 5.69 Å². The number of carbonyl (C=O) groups excluding carboxylic acids is 2. The lowest BCUT2D eigenvalue weighted by molar-refractivity contribution is -0.125. The van der Waals surface area contributed by atoms with Crippen molar-refractivity contribution in [1.82, 2.24) is 5.32 Å². The molecular weight excluding hydrogens is 292 g/mol. The predicted octanol–water partition coefficient (Wildman–Crippen LogP) is 2.29. The highest BCUT2D eigenvalue weighted by Crippen LogP contribution is 2.34. The first-order valence-corrected chi connectivity index (χ1v) is 7.30. The van der Waals surface area contributed by atoms with E-state index in [1.54, 1.807) is 11.0 Å². The lowest BCUT2D eigenvalue weighted by atomic mass is 10.1. The average Bonchev–Trinajstić information content (AvgIpc) is 2.61. The number of carbonyl (C=O) groups is 2. The summed E-state index contributed by atoms with van der Waals surface area (Å²) in [6, 6.07) is 3.02. The number of anilines is 1. The summed E-state index contributed by atoms with van der Waals surface area (Å²) in [5, 5.41) is 3.33. The van der Waals surface area contributed by atoms with E-state index in [-0.39, 0.29) is 18.2 Å². The molecule has 0 aromatic heterocycles. The van der Waals surface area contributed by atoms with Crippen molar-refractivity contribution >= 4 is 29.1 Å². The Morgan fingerprint density at radius 1 is 1.43 bits per heavy atom. The van der Waals surface area contributed by atoms with Crippen molar-refractivity contribution < 1.29 is 14.3 Å². The third kappa shape index (κ3) is 3.13. The highest BCUT2D eigenvalue weighted by atomic mass is 35.5. The standard InChI is InChI=1S/C15H19ClN2O3/c1-4-11-15(20)18(6-5-14(19)17-11)12-7-9(2)10(16)8-13(12)21-3/h7-8,11H,4-6H2,1-3H3,(H,17,19). The fraction of sp³-hybridized carbons (Fsp3) is 0.467. The maximum Gasteiger partial charge on any atom is 0.249 e. The van der Waals surface area contributed by atoms with Gasteiger partial charge in [-0.3, -0.25) is 9.59 Å². The Morgan fingerprint density at radius 2 is 2.14 bits per heavy atom. The zero-order valence-electron chi connectivity index (χ0n) is 12.4. The van der Waals surface area contributed by atoms with Gasteiger partial charge >= 0.3 is 0 Å². The number of hydrogen-bond donors (Lipinski definition) is 1. The van der Waals surface area contributed by atoms with Gasteiger partial charge in [0.25, 0.3) is 0 Å². The number of benzene rings is 1. The van der Waals surface area contributed by atoms with Gasteiger partial charge in [0.05, 0.1) is 12.8 Å². The van der Waals surface area contributed by atoms with E-state index in [4.69, 9.17) is 16.3 Å². The molecule has 1 N–H and O–H groups in total. The summed E-state index contributed by atoms with van der Waals surface area (Å²) in [4.78, 5) is 25.9. The van der Waals surface area contributed by atoms with Crippen molar-refractivity contribution in [1.29, 1.82) is 0 Å². The second-order valence-corrected chi connectivity index (χ2v) is 5.45. The van der Waals surface area contributed by atoms with Crippen molar-refractivity contribution in [3.05, 3.63) is 22.7 Å². The molecule has 1 atom stereocenters. The number of halogens is 1. The van der Waals surface area contributed by atoms with Gasteiger partial charge in [-0.05, 0) is 25.0 Å². The fourth-order valence-corrected chi connectivity index (χ4v) is 2.53. The van der Waals surface area contributed by atoms with Crippen LogP contribution in [0.2, 0.25) is 5.02 Å². The van der Waals surface area contributed by atoms with Crippen molar-refractivity contribution in [3.63, 3.8) is 0 Å². The van der Waals surface area contributed by atoms with Gasteiger partial charge in [0.1, 0.15) is 11.8 Å². The van der Waals surface area contributed by atoms with Gasteiger partial charge in [-0.2, -0.15) is 0 Å². The summed E-state index contributed by atoms with van der Waals surface area (Å²) >= 11 is 6.10. The van der Waals surface area contributed by atoms with Gasteiger partial charge in [0, 0.05) is 24.1 Å². The number of rotatable bonds is 3. The average molecular weight is 311 g/mol. The summed E-state index contributed by atoms with van der Waals surface area (Å²) in [6.07, 6.45) is 0.822. The van der Waals surface area contributed by atoms with Crippen molar-refractivity contribution in [3.8, 4) is 5.75 Å². The maximum atomic E-state index is 12.6. The van der Waals surface area contributed by atoms with Gasteiger partial charge in [-0.25, -0.2) is 0 Å².